The first-order valence-corrected chi connectivity index (χ1v) is 6.85. The van der Waals surface area contributed by atoms with Crippen LogP contribution in [0.5, 0.6) is 0 Å². The molecule has 1 fully saturated rings. The van der Waals surface area contributed by atoms with E-state index >= 15 is 0 Å². The molecule has 1 heterocycles. The van der Waals surface area contributed by atoms with Crippen LogP contribution in [0.4, 0.5) is 4.79 Å². The minimum absolute atomic E-state index is 0.0734. The molecular formula is C16H20N2O2. The summed E-state index contributed by atoms with van der Waals surface area (Å²) in [7, 11) is 0. The molecule has 0 spiro atoms. The van der Waals surface area contributed by atoms with Crippen molar-refractivity contribution in [2.45, 2.75) is 38.8 Å². The highest BCUT2D eigenvalue weighted by Gasteiger charge is 2.38. The number of carbonyl (C=O) groups is 1. The van der Waals surface area contributed by atoms with Crippen molar-refractivity contribution in [3.8, 4) is 6.07 Å². The molecule has 0 saturated carbocycles. The molecule has 106 valence electrons. The van der Waals surface area contributed by atoms with Gasteiger partial charge in [0.1, 0.15) is 5.60 Å². The molecule has 1 aromatic rings. The number of likely N-dealkylation sites (tertiary alicyclic amines) is 1. The molecule has 1 saturated heterocycles. The molecule has 1 unspecified atom stereocenters. The zero-order chi connectivity index (χ0) is 14.8. The minimum Gasteiger partial charge on any atom is -0.444 e. The van der Waals surface area contributed by atoms with Gasteiger partial charge < -0.3 is 4.74 Å². The number of hydrogen-bond donors (Lipinski definition) is 0. The minimum atomic E-state index is -0.525. The molecule has 0 bridgehead atoms. The van der Waals surface area contributed by atoms with E-state index in [1.807, 2.05) is 51.1 Å². The van der Waals surface area contributed by atoms with E-state index < -0.39 is 5.60 Å². The summed E-state index contributed by atoms with van der Waals surface area (Å²) in [5.74, 6) is -0.132. The van der Waals surface area contributed by atoms with Crippen LogP contribution in [-0.4, -0.2) is 23.1 Å². The fourth-order valence-electron chi connectivity index (χ4n) is 2.44. The first-order valence-electron chi connectivity index (χ1n) is 6.85. The SMILES string of the molecule is CC(C)(C)OC(=O)N1C[C@H](C#N)CC1c1ccccc1. The van der Waals surface area contributed by atoms with Crippen LogP contribution in [0, 0.1) is 17.2 Å². The Labute approximate surface area is 120 Å². The lowest BCUT2D eigenvalue weighted by Crippen LogP contribution is -2.36. The number of nitriles is 1. The molecule has 4 heteroatoms. The van der Waals surface area contributed by atoms with E-state index in [1.165, 1.54) is 0 Å². The predicted molar refractivity (Wildman–Crippen MR) is 75.8 cm³/mol. The molecule has 2 atom stereocenters. The van der Waals surface area contributed by atoms with Gasteiger partial charge in [0, 0.05) is 6.54 Å². The molecule has 0 radical (unpaired) electrons. The average molecular weight is 272 g/mol. The standard InChI is InChI=1S/C16H20N2O2/c1-16(2,3)20-15(19)18-11-12(10-17)9-14(18)13-7-5-4-6-8-13/h4-8,12,14H,9,11H2,1-3H3/t12-,14?/m0/s1. The van der Waals surface area contributed by atoms with Gasteiger partial charge in [0.05, 0.1) is 18.0 Å². The lowest BCUT2D eigenvalue weighted by Gasteiger charge is -2.28. The van der Waals surface area contributed by atoms with E-state index in [4.69, 9.17) is 10.00 Å². The zero-order valence-corrected chi connectivity index (χ0v) is 12.2. The third-order valence-corrected chi connectivity index (χ3v) is 3.30. The van der Waals surface area contributed by atoms with Crippen molar-refractivity contribution < 1.29 is 9.53 Å². The van der Waals surface area contributed by atoms with Crippen molar-refractivity contribution in [3.05, 3.63) is 35.9 Å². The summed E-state index contributed by atoms with van der Waals surface area (Å²) in [5.41, 5.74) is 0.527. The van der Waals surface area contributed by atoms with Gasteiger partial charge in [-0.15, -0.1) is 0 Å². The van der Waals surface area contributed by atoms with E-state index in [1.54, 1.807) is 4.90 Å². The molecular weight excluding hydrogens is 252 g/mol. The van der Waals surface area contributed by atoms with Crippen LogP contribution < -0.4 is 0 Å². The Morgan fingerprint density at radius 2 is 2.00 bits per heavy atom. The first-order chi connectivity index (χ1) is 9.40. The largest absolute Gasteiger partial charge is 0.444 e. The summed E-state index contributed by atoms with van der Waals surface area (Å²) < 4.78 is 5.44. The van der Waals surface area contributed by atoms with Crippen molar-refractivity contribution in [1.82, 2.24) is 4.90 Å². The van der Waals surface area contributed by atoms with Crippen LogP contribution in [0.2, 0.25) is 0 Å². The van der Waals surface area contributed by atoms with Crippen molar-refractivity contribution in [2.24, 2.45) is 5.92 Å². The van der Waals surface area contributed by atoms with Crippen LogP contribution in [0.1, 0.15) is 38.8 Å². The Kier molecular flexibility index (Phi) is 3.99. The van der Waals surface area contributed by atoms with Gasteiger partial charge in [-0.3, -0.25) is 4.90 Å². The molecule has 1 aliphatic heterocycles. The summed E-state index contributed by atoms with van der Waals surface area (Å²) in [4.78, 5) is 14.0. The van der Waals surface area contributed by atoms with E-state index in [9.17, 15) is 4.79 Å². The molecule has 0 N–H and O–H groups in total. The monoisotopic (exact) mass is 272 g/mol. The number of amides is 1. The first kappa shape index (κ1) is 14.4. The lowest BCUT2D eigenvalue weighted by molar-refractivity contribution is 0.0222. The summed E-state index contributed by atoms with van der Waals surface area (Å²) in [6.45, 7) is 5.98. The fraction of sp³-hybridized carbons (Fsp3) is 0.500. The molecule has 1 aliphatic rings. The predicted octanol–water partition coefficient (Wildman–Crippen LogP) is 3.51. The normalized spacial score (nSPS) is 22.4. The van der Waals surface area contributed by atoms with E-state index in [0.29, 0.717) is 13.0 Å². The highest BCUT2D eigenvalue weighted by atomic mass is 16.6. The third kappa shape index (κ3) is 3.30. The van der Waals surface area contributed by atoms with E-state index in [-0.39, 0.29) is 18.1 Å². The molecule has 4 nitrogen and oxygen atoms in total. The number of hydrogen-bond acceptors (Lipinski definition) is 3. The molecule has 1 amide bonds. The van der Waals surface area contributed by atoms with Gasteiger partial charge in [-0.25, -0.2) is 4.79 Å². The van der Waals surface area contributed by atoms with Crippen molar-refractivity contribution >= 4 is 6.09 Å². The number of ether oxygens (including phenoxy) is 1. The zero-order valence-electron chi connectivity index (χ0n) is 12.2. The fourth-order valence-corrected chi connectivity index (χ4v) is 2.44. The van der Waals surface area contributed by atoms with Crippen LogP contribution in [0.3, 0.4) is 0 Å². The second-order valence-electron chi connectivity index (χ2n) is 6.12. The Hall–Kier alpha value is -2.02. The second-order valence-corrected chi connectivity index (χ2v) is 6.12. The van der Waals surface area contributed by atoms with Gasteiger partial charge >= 0.3 is 6.09 Å². The Bertz CT molecular complexity index is 514. The van der Waals surface area contributed by atoms with Gasteiger partial charge in [0.25, 0.3) is 0 Å². The van der Waals surface area contributed by atoms with Crippen LogP contribution in [0.25, 0.3) is 0 Å². The third-order valence-electron chi connectivity index (χ3n) is 3.30. The van der Waals surface area contributed by atoms with Crippen molar-refractivity contribution in [1.29, 1.82) is 5.26 Å². The van der Waals surface area contributed by atoms with Crippen LogP contribution in [0.15, 0.2) is 30.3 Å². The highest BCUT2D eigenvalue weighted by Crippen LogP contribution is 2.36. The molecule has 2 rings (SSSR count). The van der Waals surface area contributed by atoms with E-state index in [2.05, 4.69) is 6.07 Å². The highest BCUT2D eigenvalue weighted by molar-refractivity contribution is 5.69. The van der Waals surface area contributed by atoms with Gasteiger partial charge in [-0.2, -0.15) is 5.26 Å². The molecule has 0 aliphatic carbocycles. The summed E-state index contributed by atoms with van der Waals surface area (Å²) in [6, 6.07) is 12.0. The lowest BCUT2D eigenvalue weighted by atomic mass is 10.0. The topological polar surface area (TPSA) is 53.3 Å². The Morgan fingerprint density at radius 3 is 2.55 bits per heavy atom. The summed E-state index contributed by atoms with van der Waals surface area (Å²) in [5, 5.41) is 9.13. The maximum absolute atomic E-state index is 12.3. The quantitative estimate of drug-likeness (QED) is 0.786. The van der Waals surface area contributed by atoms with Crippen LogP contribution >= 0.6 is 0 Å². The Morgan fingerprint density at radius 1 is 1.35 bits per heavy atom. The van der Waals surface area contributed by atoms with Gasteiger partial charge in [-0.05, 0) is 32.8 Å². The molecule has 1 aromatic carbocycles. The number of benzene rings is 1. The van der Waals surface area contributed by atoms with Gasteiger partial charge in [-0.1, -0.05) is 30.3 Å². The smallest absolute Gasteiger partial charge is 0.410 e. The van der Waals surface area contributed by atoms with Gasteiger partial charge in [0.2, 0.25) is 0 Å². The maximum Gasteiger partial charge on any atom is 0.410 e. The van der Waals surface area contributed by atoms with Crippen LogP contribution in [-0.2, 0) is 4.74 Å². The number of carbonyl (C=O) groups excluding carboxylic acids is 1. The summed E-state index contributed by atoms with van der Waals surface area (Å²) in [6.07, 6.45) is 0.323. The molecule has 0 aromatic heterocycles. The number of nitrogens with zero attached hydrogens (tertiary/aromatic N) is 2. The second kappa shape index (κ2) is 5.54. The van der Waals surface area contributed by atoms with E-state index in [0.717, 1.165) is 5.56 Å². The Balaban J connectivity index is 2.21. The summed E-state index contributed by atoms with van der Waals surface area (Å²) >= 11 is 0. The van der Waals surface area contributed by atoms with Crippen molar-refractivity contribution in [2.75, 3.05) is 6.54 Å². The average Bonchev–Trinajstić information content (AvgIpc) is 2.82. The van der Waals surface area contributed by atoms with Crippen molar-refractivity contribution in [3.63, 3.8) is 0 Å². The van der Waals surface area contributed by atoms with Gasteiger partial charge in [0.15, 0.2) is 0 Å². The number of rotatable bonds is 1. The maximum atomic E-state index is 12.3. The molecule has 20 heavy (non-hydrogen) atoms.